The molecule has 172 valence electrons. The van der Waals surface area contributed by atoms with Crippen LogP contribution >= 0.6 is 8.46 Å². The van der Waals surface area contributed by atoms with Crippen LogP contribution in [0.1, 0.15) is 69.7 Å². The molecular weight excluding hydrogens is 423 g/mol. The molecule has 0 saturated carbocycles. The summed E-state index contributed by atoms with van der Waals surface area (Å²) in [6.45, 7) is 7.73. The van der Waals surface area contributed by atoms with E-state index in [0.29, 0.717) is 54.5 Å². The Hall–Kier alpha value is -2.52. The van der Waals surface area contributed by atoms with Gasteiger partial charge in [-0.1, -0.05) is 13.8 Å². The number of rotatable bonds is 12. The summed E-state index contributed by atoms with van der Waals surface area (Å²) in [4.78, 5) is 27.6. The van der Waals surface area contributed by atoms with Crippen LogP contribution < -0.4 is 9.47 Å². The standard InChI is InChI=1S/C26H33O5P/c1-7-18-14-20(30-5)12-16(3)23(18)25(27)22(10-9-11-32-29)26(28)24-17(4)13-21(31-6)15-19(24)8-2/h12-15,22H,7-11H2,1-6H3. The van der Waals surface area contributed by atoms with E-state index in [1.807, 2.05) is 52.0 Å². The minimum Gasteiger partial charge on any atom is -0.497 e. The quantitative estimate of drug-likeness (QED) is 0.165. The highest BCUT2D eigenvalue weighted by molar-refractivity contribution is 7.23. The molecule has 2 aromatic carbocycles. The number of methoxy groups -OCH3 is 2. The lowest BCUT2D eigenvalue weighted by atomic mass is 9.81. The molecule has 0 aliphatic carbocycles. The average Bonchev–Trinajstić information content (AvgIpc) is 2.79. The molecule has 0 N–H and O–H groups in total. The highest BCUT2D eigenvalue weighted by Crippen LogP contribution is 2.31. The number of benzene rings is 2. The Kier molecular flexibility index (Phi) is 9.59. The summed E-state index contributed by atoms with van der Waals surface area (Å²) >= 11 is 0. The molecule has 0 radical (unpaired) electrons. The molecule has 0 saturated heterocycles. The molecule has 32 heavy (non-hydrogen) atoms. The highest BCUT2D eigenvalue weighted by atomic mass is 31.1. The van der Waals surface area contributed by atoms with Crippen molar-refractivity contribution in [2.45, 2.75) is 53.4 Å². The minimum absolute atomic E-state index is 0.0217. The predicted octanol–water partition coefficient (Wildman–Crippen LogP) is 6.20. The van der Waals surface area contributed by atoms with Crippen LogP contribution in [0, 0.1) is 19.8 Å². The maximum absolute atomic E-state index is 13.8. The summed E-state index contributed by atoms with van der Waals surface area (Å²) < 4.78 is 21.8. The lowest BCUT2D eigenvalue weighted by Crippen LogP contribution is -2.28. The van der Waals surface area contributed by atoms with Gasteiger partial charge >= 0.3 is 0 Å². The van der Waals surface area contributed by atoms with Crippen LogP contribution in [0.4, 0.5) is 0 Å². The fraction of sp³-hybridized carbons (Fsp3) is 0.462. The van der Waals surface area contributed by atoms with Crippen molar-refractivity contribution in [3.63, 3.8) is 0 Å². The van der Waals surface area contributed by atoms with Crippen LogP contribution in [0.25, 0.3) is 0 Å². The molecule has 0 aromatic heterocycles. The molecule has 0 atom stereocenters. The maximum atomic E-state index is 13.8. The predicted molar refractivity (Wildman–Crippen MR) is 128 cm³/mol. The first kappa shape index (κ1) is 25.7. The molecule has 5 nitrogen and oxygen atoms in total. The molecule has 2 rings (SSSR count). The molecule has 0 amide bonds. The van der Waals surface area contributed by atoms with Crippen molar-refractivity contribution in [1.82, 2.24) is 0 Å². The summed E-state index contributed by atoms with van der Waals surface area (Å²) in [5.41, 5.74) is 4.52. The molecular formula is C26H33O5P. The first-order valence-electron chi connectivity index (χ1n) is 11.0. The van der Waals surface area contributed by atoms with E-state index in [-0.39, 0.29) is 20.0 Å². The zero-order chi connectivity index (χ0) is 23.8. The van der Waals surface area contributed by atoms with Crippen molar-refractivity contribution < 1.29 is 23.6 Å². The van der Waals surface area contributed by atoms with Crippen molar-refractivity contribution in [3.05, 3.63) is 57.6 Å². The maximum Gasteiger partial charge on any atom is 0.174 e. The van der Waals surface area contributed by atoms with Gasteiger partial charge in [0.15, 0.2) is 20.0 Å². The summed E-state index contributed by atoms with van der Waals surface area (Å²) in [5, 5.41) is 0. The van der Waals surface area contributed by atoms with E-state index in [2.05, 4.69) is 0 Å². The second kappa shape index (κ2) is 11.9. The summed E-state index contributed by atoms with van der Waals surface area (Å²) in [5.74, 6) is 0.219. The van der Waals surface area contributed by atoms with E-state index in [4.69, 9.17) is 9.47 Å². The van der Waals surface area contributed by atoms with Gasteiger partial charge < -0.3 is 9.47 Å². The summed E-state index contributed by atoms with van der Waals surface area (Å²) in [6, 6.07) is 7.41. The van der Waals surface area contributed by atoms with Crippen LogP contribution in [0.2, 0.25) is 0 Å². The number of carbonyl (C=O) groups is 2. The van der Waals surface area contributed by atoms with E-state index < -0.39 is 5.92 Å². The largest absolute Gasteiger partial charge is 0.497 e. The van der Waals surface area contributed by atoms with Gasteiger partial charge in [-0.25, -0.2) is 0 Å². The van der Waals surface area contributed by atoms with Gasteiger partial charge in [-0.15, -0.1) is 0 Å². The SMILES string of the molecule is CCc1cc(OC)cc(C)c1C(=O)C(CCCP=O)C(=O)c1c(C)cc(OC)cc1CC. The fourth-order valence-electron chi connectivity index (χ4n) is 4.24. The van der Waals surface area contributed by atoms with Gasteiger partial charge in [0.25, 0.3) is 0 Å². The Bertz CT molecular complexity index is 923. The van der Waals surface area contributed by atoms with Gasteiger partial charge in [-0.2, -0.15) is 0 Å². The van der Waals surface area contributed by atoms with Gasteiger partial charge in [0.05, 0.1) is 20.1 Å². The Balaban J connectivity index is 2.60. The summed E-state index contributed by atoms with van der Waals surface area (Å²) in [7, 11) is 3.22. The topological polar surface area (TPSA) is 69.7 Å². The normalized spacial score (nSPS) is 11.1. The lowest BCUT2D eigenvalue weighted by Gasteiger charge is -2.21. The van der Waals surface area contributed by atoms with E-state index in [1.165, 1.54) is 0 Å². The second-order valence-corrected chi connectivity index (χ2v) is 8.65. The number of hydrogen-bond donors (Lipinski definition) is 0. The van der Waals surface area contributed by atoms with Crippen LogP contribution in [0.3, 0.4) is 0 Å². The monoisotopic (exact) mass is 456 g/mol. The zero-order valence-corrected chi connectivity index (χ0v) is 20.8. The molecule has 0 fully saturated rings. The average molecular weight is 457 g/mol. The number of aryl methyl sites for hydroxylation is 4. The summed E-state index contributed by atoms with van der Waals surface area (Å²) in [6.07, 6.45) is 2.61. The number of carbonyl (C=O) groups excluding carboxylic acids is 2. The Morgan fingerprint density at radius 1 is 0.844 bits per heavy atom. The molecule has 0 bridgehead atoms. The zero-order valence-electron chi connectivity index (χ0n) is 19.9. The Morgan fingerprint density at radius 2 is 1.28 bits per heavy atom. The molecule has 2 aromatic rings. The number of ether oxygens (including phenoxy) is 2. The molecule has 6 heteroatoms. The Morgan fingerprint density at radius 3 is 1.62 bits per heavy atom. The molecule has 0 aliphatic heterocycles. The fourth-order valence-corrected chi connectivity index (χ4v) is 4.55. The molecule has 0 spiro atoms. The van der Waals surface area contributed by atoms with Gasteiger partial charge in [-0.3, -0.25) is 14.2 Å². The number of ketones is 2. The van der Waals surface area contributed by atoms with E-state index in [0.717, 1.165) is 22.3 Å². The van der Waals surface area contributed by atoms with Gasteiger partial charge in [0.2, 0.25) is 0 Å². The minimum atomic E-state index is -0.827. The van der Waals surface area contributed by atoms with Crippen LogP contribution in [0.15, 0.2) is 24.3 Å². The first-order valence-corrected chi connectivity index (χ1v) is 12.0. The smallest absolute Gasteiger partial charge is 0.174 e. The molecule has 0 unspecified atom stereocenters. The van der Waals surface area contributed by atoms with Crippen LogP contribution in [-0.4, -0.2) is 31.9 Å². The van der Waals surface area contributed by atoms with Crippen molar-refractivity contribution >= 4 is 20.0 Å². The molecule has 0 heterocycles. The molecule has 0 aliphatic rings. The van der Waals surface area contributed by atoms with Crippen molar-refractivity contribution in [3.8, 4) is 11.5 Å². The third-order valence-corrected chi connectivity index (χ3v) is 6.38. The van der Waals surface area contributed by atoms with Crippen LogP contribution in [0.5, 0.6) is 11.5 Å². The van der Waals surface area contributed by atoms with Crippen molar-refractivity contribution in [2.24, 2.45) is 5.92 Å². The van der Waals surface area contributed by atoms with Crippen molar-refractivity contribution in [1.29, 1.82) is 0 Å². The lowest BCUT2D eigenvalue weighted by molar-refractivity contribution is 0.0797. The van der Waals surface area contributed by atoms with E-state index >= 15 is 0 Å². The van der Waals surface area contributed by atoms with Gasteiger partial charge in [0.1, 0.15) is 11.5 Å². The first-order chi connectivity index (χ1) is 15.3. The Labute approximate surface area is 192 Å². The highest BCUT2D eigenvalue weighted by Gasteiger charge is 2.32. The van der Waals surface area contributed by atoms with Gasteiger partial charge in [0, 0.05) is 17.3 Å². The number of hydrogen-bond acceptors (Lipinski definition) is 5. The van der Waals surface area contributed by atoms with Gasteiger partial charge in [-0.05, 0) is 86.1 Å². The van der Waals surface area contributed by atoms with E-state index in [1.54, 1.807) is 14.2 Å². The van der Waals surface area contributed by atoms with Crippen molar-refractivity contribution in [2.75, 3.05) is 20.4 Å². The third-order valence-electron chi connectivity index (χ3n) is 5.88. The number of Topliss-reactive ketones (excluding diaryl/α,β-unsaturated/α-hetero) is 2. The van der Waals surface area contributed by atoms with Crippen LogP contribution in [-0.2, 0) is 17.4 Å². The second-order valence-electron chi connectivity index (χ2n) is 7.94. The third kappa shape index (κ3) is 5.63. The van der Waals surface area contributed by atoms with E-state index in [9.17, 15) is 14.2 Å².